The van der Waals surface area contributed by atoms with Crippen LogP contribution in [0, 0.1) is 0 Å². The fourth-order valence-electron chi connectivity index (χ4n) is 2.24. The van der Waals surface area contributed by atoms with E-state index >= 15 is 0 Å². The Hall–Kier alpha value is -2.47. The molecule has 0 aliphatic carbocycles. The van der Waals surface area contributed by atoms with Gasteiger partial charge in [0.15, 0.2) is 5.82 Å². The van der Waals surface area contributed by atoms with E-state index in [4.69, 9.17) is 4.74 Å². The first-order valence-corrected chi connectivity index (χ1v) is 8.38. The van der Waals surface area contributed by atoms with Crippen molar-refractivity contribution < 1.29 is 9.53 Å². The van der Waals surface area contributed by atoms with E-state index in [0.29, 0.717) is 23.8 Å². The third kappa shape index (κ3) is 5.83. The summed E-state index contributed by atoms with van der Waals surface area (Å²) in [6.07, 6.45) is 0.890. The minimum Gasteiger partial charge on any atom is -0.385 e. The van der Waals surface area contributed by atoms with E-state index in [1.807, 2.05) is 24.3 Å². The van der Waals surface area contributed by atoms with Crippen LogP contribution in [0.4, 0.5) is 11.6 Å². The first kappa shape index (κ1) is 18.9. The van der Waals surface area contributed by atoms with Crippen molar-refractivity contribution in [1.82, 2.24) is 10.2 Å². The maximum Gasteiger partial charge on any atom is 0.256 e. The van der Waals surface area contributed by atoms with E-state index in [9.17, 15) is 4.79 Å². The number of aromatic nitrogens is 2. The van der Waals surface area contributed by atoms with Crippen molar-refractivity contribution >= 4 is 17.5 Å². The van der Waals surface area contributed by atoms with Crippen molar-refractivity contribution in [1.29, 1.82) is 0 Å². The van der Waals surface area contributed by atoms with E-state index in [-0.39, 0.29) is 11.3 Å². The number of hydrogen-bond acceptors (Lipinski definition) is 5. The van der Waals surface area contributed by atoms with Crippen molar-refractivity contribution in [2.75, 3.05) is 30.9 Å². The molecule has 0 aliphatic rings. The Morgan fingerprint density at radius 1 is 1.04 bits per heavy atom. The summed E-state index contributed by atoms with van der Waals surface area (Å²) in [5.74, 6) is 0.895. The zero-order chi connectivity index (χ0) is 18.3. The Morgan fingerprint density at radius 2 is 1.68 bits per heavy atom. The summed E-state index contributed by atoms with van der Waals surface area (Å²) in [5, 5.41) is 14.0. The molecule has 25 heavy (non-hydrogen) atoms. The lowest BCUT2D eigenvalue weighted by Crippen LogP contribution is -2.15. The van der Waals surface area contributed by atoms with E-state index in [2.05, 4.69) is 41.6 Å². The highest BCUT2D eigenvalue weighted by atomic mass is 16.5. The molecular weight excluding hydrogens is 316 g/mol. The van der Waals surface area contributed by atoms with Gasteiger partial charge in [-0.1, -0.05) is 32.9 Å². The average molecular weight is 342 g/mol. The molecule has 1 aromatic carbocycles. The number of carbonyl (C=O) groups excluding carboxylic acids is 1. The normalized spacial score (nSPS) is 11.2. The van der Waals surface area contributed by atoms with Gasteiger partial charge in [0.1, 0.15) is 5.82 Å². The van der Waals surface area contributed by atoms with Gasteiger partial charge in [0.05, 0.1) is 0 Å². The molecule has 2 aromatic rings. The van der Waals surface area contributed by atoms with Crippen LogP contribution in [0.15, 0.2) is 36.4 Å². The van der Waals surface area contributed by atoms with Crippen molar-refractivity contribution in [2.45, 2.75) is 32.6 Å². The van der Waals surface area contributed by atoms with Crippen LogP contribution in [0.25, 0.3) is 0 Å². The Balaban J connectivity index is 1.92. The molecule has 0 aliphatic heterocycles. The first-order valence-electron chi connectivity index (χ1n) is 8.38. The highest BCUT2D eigenvalue weighted by molar-refractivity contribution is 6.03. The predicted molar refractivity (Wildman–Crippen MR) is 100 cm³/mol. The number of anilines is 2. The van der Waals surface area contributed by atoms with Crippen LogP contribution < -0.4 is 10.6 Å². The number of ether oxygens (including phenoxy) is 1. The molecule has 0 spiro atoms. The molecule has 0 radical (unpaired) electrons. The summed E-state index contributed by atoms with van der Waals surface area (Å²) in [6.45, 7) is 7.88. The standard InChI is InChI=1S/C19H26N4O2/c1-19(2,3)15-8-6-14(7-9-15)18(24)21-17-11-10-16(22-23-17)20-12-5-13-25-4/h6-11H,5,12-13H2,1-4H3,(H,20,22)(H,21,23,24). The minimum atomic E-state index is -0.199. The Morgan fingerprint density at radius 3 is 2.24 bits per heavy atom. The third-order valence-corrected chi connectivity index (χ3v) is 3.75. The Kier molecular flexibility index (Phi) is 6.47. The maximum atomic E-state index is 12.3. The van der Waals surface area contributed by atoms with E-state index in [1.54, 1.807) is 19.2 Å². The van der Waals surface area contributed by atoms with Crippen LogP contribution >= 0.6 is 0 Å². The SMILES string of the molecule is COCCCNc1ccc(NC(=O)c2ccc(C(C)(C)C)cc2)nn1. The van der Waals surface area contributed by atoms with Gasteiger partial charge >= 0.3 is 0 Å². The first-order chi connectivity index (χ1) is 11.9. The summed E-state index contributed by atoms with van der Waals surface area (Å²) in [7, 11) is 1.67. The molecule has 0 atom stereocenters. The predicted octanol–water partition coefficient (Wildman–Crippen LogP) is 3.47. The van der Waals surface area contributed by atoms with Gasteiger partial charge in [-0.3, -0.25) is 4.79 Å². The van der Waals surface area contributed by atoms with Gasteiger partial charge in [0.2, 0.25) is 0 Å². The molecule has 0 fully saturated rings. The fourth-order valence-corrected chi connectivity index (χ4v) is 2.24. The summed E-state index contributed by atoms with van der Waals surface area (Å²) >= 11 is 0. The van der Waals surface area contributed by atoms with Crippen molar-refractivity contribution in [3.63, 3.8) is 0 Å². The quantitative estimate of drug-likeness (QED) is 0.754. The lowest BCUT2D eigenvalue weighted by Gasteiger charge is -2.19. The zero-order valence-electron chi connectivity index (χ0n) is 15.3. The molecule has 0 saturated carbocycles. The van der Waals surface area contributed by atoms with Gasteiger partial charge in [-0.2, -0.15) is 0 Å². The van der Waals surface area contributed by atoms with Gasteiger partial charge in [0, 0.05) is 25.8 Å². The molecule has 1 heterocycles. The second kappa shape index (κ2) is 8.58. The number of methoxy groups -OCH3 is 1. The summed E-state index contributed by atoms with van der Waals surface area (Å²) in [6, 6.07) is 11.1. The number of nitrogens with one attached hydrogen (secondary N) is 2. The number of benzene rings is 1. The second-order valence-corrected chi connectivity index (χ2v) is 6.86. The average Bonchev–Trinajstić information content (AvgIpc) is 2.59. The second-order valence-electron chi connectivity index (χ2n) is 6.86. The highest BCUT2D eigenvalue weighted by Gasteiger charge is 2.14. The van der Waals surface area contributed by atoms with E-state index in [1.165, 1.54) is 5.56 Å². The molecule has 1 aromatic heterocycles. The van der Waals surface area contributed by atoms with Crippen LogP contribution in [0.2, 0.25) is 0 Å². The van der Waals surface area contributed by atoms with Crippen LogP contribution in [-0.2, 0) is 10.2 Å². The smallest absolute Gasteiger partial charge is 0.256 e. The van der Waals surface area contributed by atoms with Gasteiger partial charge in [-0.05, 0) is 41.7 Å². The van der Waals surface area contributed by atoms with Crippen LogP contribution in [-0.4, -0.2) is 36.4 Å². The highest BCUT2D eigenvalue weighted by Crippen LogP contribution is 2.22. The zero-order valence-corrected chi connectivity index (χ0v) is 15.3. The number of rotatable bonds is 7. The van der Waals surface area contributed by atoms with Crippen molar-refractivity contribution in [3.05, 3.63) is 47.5 Å². The Labute approximate surface area is 149 Å². The molecular formula is C19H26N4O2. The molecule has 1 amide bonds. The summed E-state index contributed by atoms with van der Waals surface area (Å²) in [5.41, 5.74) is 1.84. The van der Waals surface area contributed by atoms with Crippen molar-refractivity contribution in [2.24, 2.45) is 0 Å². The van der Waals surface area contributed by atoms with Crippen LogP contribution in [0.3, 0.4) is 0 Å². The van der Waals surface area contributed by atoms with Gasteiger partial charge in [-0.15, -0.1) is 10.2 Å². The molecule has 2 N–H and O–H groups in total. The molecule has 6 nitrogen and oxygen atoms in total. The topological polar surface area (TPSA) is 76.1 Å². The van der Waals surface area contributed by atoms with Crippen molar-refractivity contribution in [3.8, 4) is 0 Å². The van der Waals surface area contributed by atoms with Crippen LogP contribution in [0.1, 0.15) is 43.1 Å². The minimum absolute atomic E-state index is 0.0621. The summed E-state index contributed by atoms with van der Waals surface area (Å²) in [4.78, 5) is 12.3. The van der Waals surface area contributed by atoms with E-state index < -0.39 is 0 Å². The fraction of sp³-hybridized carbons (Fsp3) is 0.421. The number of amides is 1. The maximum absolute atomic E-state index is 12.3. The number of nitrogens with zero attached hydrogens (tertiary/aromatic N) is 2. The lowest BCUT2D eigenvalue weighted by atomic mass is 9.87. The molecule has 134 valence electrons. The lowest BCUT2D eigenvalue weighted by molar-refractivity contribution is 0.102. The molecule has 6 heteroatoms. The van der Waals surface area contributed by atoms with Crippen LogP contribution in [0.5, 0.6) is 0 Å². The molecule has 0 bridgehead atoms. The van der Waals surface area contributed by atoms with Gasteiger partial charge in [0.25, 0.3) is 5.91 Å². The molecule has 0 saturated heterocycles. The van der Waals surface area contributed by atoms with Gasteiger partial charge < -0.3 is 15.4 Å². The summed E-state index contributed by atoms with van der Waals surface area (Å²) < 4.78 is 4.99. The van der Waals surface area contributed by atoms with E-state index in [0.717, 1.165) is 13.0 Å². The third-order valence-electron chi connectivity index (χ3n) is 3.75. The monoisotopic (exact) mass is 342 g/mol. The molecule has 2 rings (SSSR count). The van der Waals surface area contributed by atoms with Gasteiger partial charge in [-0.25, -0.2) is 0 Å². The number of carbonyl (C=O) groups is 1. The Bertz CT molecular complexity index is 676. The largest absolute Gasteiger partial charge is 0.385 e. The number of hydrogen-bond donors (Lipinski definition) is 2. The molecule has 0 unspecified atom stereocenters.